The van der Waals surface area contributed by atoms with Crippen LogP contribution in [0.25, 0.3) is 29.6 Å². The summed E-state index contributed by atoms with van der Waals surface area (Å²) in [5.41, 5.74) is 0. The van der Waals surface area contributed by atoms with Gasteiger partial charge in [0, 0.05) is 20.2 Å². The van der Waals surface area contributed by atoms with Gasteiger partial charge in [-0.25, -0.2) is 8.78 Å². The maximum atomic E-state index is 13.3. The molecule has 2 aromatic heterocycles. The summed E-state index contributed by atoms with van der Waals surface area (Å²) in [5, 5.41) is 1.85. The Morgan fingerprint density at radius 1 is 0.667 bits per heavy atom. The van der Waals surface area contributed by atoms with E-state index in [-0.39, 0.29) is 11.6 Å². The second-order valence-corrected chi connectivity index (χ2v) is 6.25. The molecule has 0 bridgehead atoms. The molecular weight excluding hydrogens is 270 g/mol. The molecule has 2 aromatic carbocycles. The van der Waals surface area contributed by atoms with E-state index in [9.17, 15) is 8.78 Å². The molecule has 0 aliphatic rings. The highest BCUT2D eigenvalue weighted by Crippen LogP contribution is 2.44. The lowest BCUT2D eigenvalue weighted by atomic mass is 10.2. The molecule has 18 heavy (non-hydrogen) atoms. The number of hydrogen-bond acceptors (Lipinski definition) is 2. The average molecular weight is 276 g/mol. The van der Waals surface area contributed by atoms with Gasteiger partial charge in [-0.3, -0.25) is 0 Å². The molecule has 0 saturated heterocycles. The second kappa shape index (κ2) is 3.49. The van der Waals surface area contributed by atoms with Crippen molar-refractivity contribution < 1.29 is 8.78 Å². The summed E-state index contributed by atoms with van der Waals surface area (Å²) in [7, 11) is 0. The van der Waals surface area contributed by atoms with E-state index in [4.69, 9.17) is 0 Å². The van der Waals surface area contributed by atoms with Gasteiger partial charge in [0.2, 0.25) is 0 Å². The fraction of sp³-hybridized carbons (Fsp3) is 0. The highest BCUT2D eigenvalue weighted by atomic mass is 32.1. The predicted octanol–water partition coefficient (Wildman–Crippen LogP) is 5.55. The Morgan fingerprint density at radius 2 is 1.11 bits per heavy atom. The van der Waals surface area contributed by atoms with Gasteiger partial charge < -0.3 is 0 Å². The average Bonchev–Trinajstić information content (AvgIpc) is 2.86. The zero-order valence-electron chi connectivity index (χ0n) is 9.04. The van der Waals surface area contributed by atoms with Crippen LogP contribution >= 0.6 is 22.7 Å². The molecule has 4 aromatic rings. The maximum Gasteiger partial charge on any atom is 0.123 e. The van der Waals surface area contributed by atoms with E-state index < -0.39 is 0 Å². The van der Waals surface area contributed by atoms with Crippen LogP contribution in [0.3, 0.4) is 0 Å². The lowest BCUT2D eigenvalue weighted by molar-refractivity contribution is 0.629. The van der Waals surface area contributed by atoms with Gasteiger partial charge in [-0.05, 0) is 36.4 Å². The van der Waals surface area contributed by atoms with Crippen molar-refractivity contribution in [3.8, 4) is 0 Å². The molecule has 4 heteroatoms. The van der Waals surface area contributed by atoms with Gasteiger partial charge in [0.1, 0.15) is 11.6 Å². The SMILES string of the molecule is Fc1ccc2sc3c4cc(F)ccc4sc3c2c1. The third-order valence-electron chi connectivity index (χ3n) is 3.00. The molecule has 0 radical (unpaired) electrons. The van der Waals surface area contributed by atoms with Gasteiger partial charge in [0.25, 0.3) is 0 Å². The molecule has 0 aliphatic carbocycles. The van der Waals surface area contributed by atoms with E-state index in [0.29, 0.717) is 0 Å². The molecule has 0 spiro atoms. The molecular formula is C14H6F2S2. The highest BCUT2D eigenvalue weighted by molar-refractivity contribution is 7.36. The standard InChI is InChI=1S/C14H6F2S2/c15-7-1-3-11-9(5-7)13-14(17-11)10-6-8(16)2-4-12(10)18-13/h1-6H. The first-order valence-corrected chi connectivity index (χ1v) is 7.05. The summed E-state index contributed by atoms with van der Waals surface area (Å²) in [6.45, 7) is 0. The Kier molecular flexibility index (Phi) is 2.02. The van der Waals surface area contributed by atoms with Crippen molar-refractivity contribution in [3.05, 3.63) is 48.0 Å². The molecule has 0 amide bonds. The normalized spacial score (nSPS) is 11.9. The van der Waals surface area contributed by atoms with E-state index in [1.165, 1.54) is 12.1 Å². The zero-order chi connectivity index (χ0) is 12.3. The molecule has 0 nitrogen and oxygen atoms in total. The van der Waals surface area contributed by atoms with Gasteiger partial charge in [0.15, 0.2) is 0 Å². The first-order valence-electron chi connectivity index (χ1n) is 5.42. The summed E-state index contributed by atoms with van der Waals surface area (Å²) < 4.78 is 30.8. The Morgan fingerprint density at radius 3 is 1.56 bits per heavy atom. The lowest BCUT2D eigenvalue weighted by Gasteiger charge is -1.90. The van der Waals surface area contributed by atoms with Gasteiger partial charge in [0.05, 0.1) is 9.40 Å². The summed E-state index contributed by atoms with van der Waals surface area (Å²) in [6, 6.07) is 9.61. The minimum absolute atomic E-state index is 0.231. The number of benzene rings is 2. The summed E-state index contributed by atoms with van der Waals surface area (Å²) in [4.78, 5) is 0. The Labute approximate surface area is 109 Å². The summed E-state index contributed by atoms with van der Waals surface area (Å²) >= 11 is 3.18. The minimum Gasteiger partial charge on any atom is -0.207 e. The quantitative estimate of drug-likeness (QED) is 0.395. The van der Waals surface area contributed by atoms with Crippen molar-refractivity contribution in [2.24, 2.45) is 0 Å². The molecule has 2 heterocycles. The van der Waals surface area contributed by atoms with E-state index >= 15 is 0 Å². The van der Waals surface area contributed by atoms with Crippen LogP contribution in [0.1, 0.15) is 0 Å². The van der Waals surface area contributed by atoms with Crippen molar-refractivity contribution >= 4 is 52.2 Å². The van der Waals surface area contributed by atoms with Crippen LogP contribution in [0.2, 0.25) is 0 Å². The molecule has 0 unspecified atom stereocenters. The van der Waals surface area contributed by atoms with Crippen LogP contribution in [0.4, 0.5) is 8.78 Å². The summed E-state index contributed by atoms with van der Waals surface area (Å²) in [6.07, 6.45) is 0. The van der Waals surface area contributed by atoms with Gasteiger partial charge in [-0.2, -0.15) is 0 Å². The van der Waals surface area contributed by atoms with Gasteiger partial charge in [-0.1, -0.05) is 0 Å². The Hall–Kier alpha value is -1.52. The number of rotatable bonds is 0. The molecule has 0 fully saturated rings. The van der Waals surface area contributed by atoms with E-state index in [0.717, 1.165) is 29.6 Å². The number of fused-ring (bicyclic) bond motifs is 5. The highest BCUT2D eigenvalue weighted by Gasteiger charge is 2.12. The second-order valence-electron chi connectivity index (χ2n) is 4.14. The van der Waals surface area contributed by atoms with Gasteiger partial charge >= 0.3 is 0 Å². The maximum absolute atomic E-state index is 13.3. The van der Waals surface area contributed by atoms with Crippen molar-refractivity contribution in [1.29, 1.82) is 0 Å². The van der Waals surface area contributed by atoms with Crippen LogP contribution in [-0.4, -0.2) is 0 Å². The Bertz CT molecular complexity index is 826. The lowest BCUT2D eigenvalue weighted by Crippen LogP contribution is -1.69. The zero-order valence-corrected chi connectivity index (χ0v) is 10.7. The first kappa shape index (κ1) is 10.4. The number of hydrogen-bond donors (Lipinski definition) is 0. The minimum atomic E-state index is -0.231. The number of thiophene rings is 2. The van der Waals surface area contributed by atoms with E-state index in [1.54, 1.807) is 46.9 Å². The van der Waals surface area contributed by atoms with E-state index in [1.807, 2.05) is 0 Å². The topological polar surface area (TPSA) is 0 Å². The molecule has 4 rings (SSSR count). The van der Waals surface area contributed by atoms with Crippen molar-refractivity contribution in [3.63, 3.8) is 0 Å². The molecule has 88 valence electrons. The molecule has 0 aliphatic heterocycles. The smallest absolute Gasteiger partial charge is 0.123 e. The monoisotopic (exact) mass is 276 g/mol. The van der Waals surface area contributed by atoms with Crippen LogP contribution < -0.4 is 0 Å². The largest absolute Gasteiger partial charge is 0.207 e. The van der Waals surface area contributed by atoms with Crippen molar-refractivity contribution in [1.82, 2.24) is 0 Å². The molecule has 0 saturated carbocycles. The first-order chi connectivity index (χ1) is 8.72. The van der Waals surface area contributed by atoms with Gasteiger partial charge in [-0.15, -0.1) is 22.7 Å². The van der Waals surface area contributed by atoms with Crippen LogP contribution in [0.5, 0.6) is 0 Å². The molecule has 0 N–H and O–H groups in total. The van der Waals surface area contributed by atoms with Crippen LogP contribution in [-0.2, 0) is 0 Å². The Balaban J connectivity index is 2.26. The van der Waals surface area contributed by atoms with Crippen molar-refractivity contribution in [2.75, 3.05) is 0 Å². The van der Waals surface area contributed by atoms with Crippen LogP contribution in [0.15, 0.2) is 36.4 Å². The van der Waals surface area contributed by atoms with E-state index in [2.05, 4.69) is 0 Å². The third kappa shape index (κ3) is 1.33. The number of halogens is 2. The fourth-order valence-corrected chi connectivity index (χ4v) is 4.80. The predicted molar refractivity (Wildman–Crippen MR) is 74.6 cm³/mol. The third-order valence-corrected chi connectivity index (χ3v) is 5.54. The van der Waals surface area contributed by atoms with Crippen LogP contribution in [0, 0.1) is 11.6 Å². The molecule has 0 atom stereocenters. The van der Waals surface area contributed by atoms with Crippen molar-refractivity contribution in [2.45, 2.75) is 0 Å². The summed E-state index contributed by atoms with van der Waals surface area (Å²) in [5.74, 6) is -0.461. The fourth-order valence-electron chi connectivity index (χ4n) is 2.20.